The van der Waals surface area contributed by atoms with Crippen LogP contribution in [0.2, 0.25) is 0 Å². The van der Waals surface area contributed by atoms with Crippen LogP contribution in [0.5, 0.6) is 11.5 Å². The van der Waals surface area contributed by atoms with Crippen molar-refractivity contribution in [2.45, 2.75) is 0 Å². The van der Waals surface area contributed by atoms with Crippen molar-refractivity contribution in [2.75, 3.05) is 76.4 Å². The third-order valence-corrected chi connectivity index (χ3v) is 5.98. The third kappa shape index (κ3) is 4.40. The van der Waals surface area contributed by atoms with Crippen molar-refractivity contribution < 1.29 is 14.3 Å². The second-order valence-corrected chi connectivity index (χ2v) is 7.63. The zero-order valence-electron chi connectivity index (χ0n) is 17.8. The molecule has 0 radical (unpaired) electrons. The Balaban J connectivity index is 1.26. The number of carbonyl (C=O) groups is 1. The maximum Gasteiger partial charge on any atom is 0.320 e. The summed E-state index contributed by atoms with van der Waals surface area (Å²) < 4.78 is 10.5. The Labute approximate surface area is 178 Å². The van der Waals surface area contributed by atoms with Gasteiger partial charge in [0, 0.05) is 63.7 Å². The van der Waals surface area contributed by atoms with E-state index in [9.17, 15) is 4.79 Å². The average Bonchev–Trinajstić information content (AvgIpc) is 2.84. The number of carbonyl (C=O) groups excluding carboxylic acids is 1. The second kappa shape index (κ2) is 9.15. The number of ether oxygens (including phenoxy) is 2. The van der Waals surface area contributed by atoms with Gasteiger partial charge in [-0.1, -0.05) is 0 Å². The molecule has 0 spiro atoms. The number of benzene rings is 2. The summed E-state index contributed by atoms with van der Waals surface area (Å²) in [7, 11) is 3.35. The Hall–Kier alpha value is -3.09. The number of piperazine rings is 2. The lowest BCUT2D eigenvalue weighted by molar-refractivity contribution is 0.147. The van der Waals surface area contributed by atoms with Gasteiger partial charge in [0.2, 0.25) is 0 Å². The normalized spacial score (nSPS) is 17.1. The molecular formula is C23H30N4O3. The highest BCUT2D eigenvalue weighted by atomic mass is 16.5. The third-order valence-electron chi connectivity index (χ3n) is 5.98. The molecule has 0 aromatic heterocycles. The van der Waals surface area contributed by atoms with Crippen LogP contribution >= 0.6 is 0 Å². The molecular weight excluding hydrogens is 380 g/mol. The molecule has 0 aliphatic carbocycles. The van der Waals surface area contributed by atoms with Crippen LogP contribution in [0.15, 0.2) is 48.5 Å². The van der Waals surface area contributed by atoms with Gasteiger partial charge < -0.3 is 29.1 Å². The van der Waals surface area contributed by atoms with Crippen molar-refractivity contribution in [3.05, 3.63) is 48.5 Å². The lowest BCUT2D eigenvalue weighted by atomic mass is 10.2. The van der Waals surface area contributed by atoms with Gasteiger partial charge in [-0.25, -0.2) is 4.79 Å². The lowest BCUT2D eigenvalue weighted by Gasteiger charge is -2.41. The van der Waals surface area contributed by atoms with Gasteiger partial charge >= 0.3 is 6.03 Å². The van der Waals surface area contributed by atoms with Gasteiger partial charge in [-0.15, -0.1) is 0 Å². The molecule has 7 heteroatoms. The van der Waals surface area contributed by atoms with Crippen molar-refractivity contribution in [2.24, 2.45) is 0 Å². The van der Waals surface area contributed by atoms with Crippen LogP contribution in [0.4, 0.5) is 16.2 Å². The van der Waals surface area contributed by atoms with Crippen LogP contribution in [-0.4, -0.2) is 82.4 Å². The fraction of sp³-hybridized carbons (Fsp3) is 0.435. The highest BCUT2D eigenvalue weighted by Gasteiger charge is 2.28. The Morgan fingerprint density at radius 3 is 1.23 bits per heavy atom. The highest BCUT2D eigenvalue weighted by molar-refractivity contribution is 5.75. The van der Waals surface area contributed by atoms with Crippen molar-refractivity contribution in [3.63, 3.8) is 0 Å². The van der Waals surface area contributed by atoms with Crippen LogP contribution in [0.3, 0.4) is 0 Å². The molecule has 2 aliphatic heterocycles. The number of hydrogen-bond donors (Lipinski definition) is 0. The molecule has 4 rings (SSSR count). The number of hydrogen-bond acceptors (Lipinski definition) is 5. The molecule has 160 valence electrons. The molecule has 30 heavy (non-hydrogen) atoms. The first kappa shape index (κ1) is 20.2. The number of rotatable bonds is 4. The van der Waals surface area contributed by atoms with Crippen LogP contribution in [0.25, 0.3) is 0 Å². The molecule has 2 amide bonds. The van der Waals surface area contributed by atoms with Gasteiger partial charge in [0.05, 0.1) is 14.2 Å². The molecule has 0 atom stereocenters. The number of anilines is 2. The Morgan fingerprint density at radius 1 is 0.600 bits per heavy atom. The maximum absolute atomic E-state index is 13.0. The molecule has 0 unspecified atom stereocenters. The van der Waals surface area contributed by atoms with E-state index < -0.39 is 0 Å². The summed E-state index contributed by atoms with van der Waals surface area (Å²) in [5, 5.41) is 0. The molecule has 0 N–H and O–H groups in total. The number of urea groups is 1. The monoisotopic (exact) mass is 410 g/mol. The van der Waals surface area contributed by atoms with Gasteiger partial charge in [-0.3, -0.25) is 0 Å². The van der Waals surface area contributed by atoms with E-state index in [1.54, 1.807) is 14.2 Å². The van der Waals surface area contributed by atoms with E-state index in [2.05, 4.69) is 34.1 Å². The molecule has 2 fully saturated rings. The second-order valence-electron chi connectivity index (χ2n) is 7.63. The molecule has 0 saturated carbocycles. The summed E-state index contributed by atoms with van der Waals surface area (Å²) in [6, 6.07) is 16.4. The number of amides is 2. The highest BCUT2D eigenvalue weighted by Crippen LogP contribution is 2.22. The molecule has 7 nitrogen and oxygen atoms in total. The van der Waals surface area contributed by atoms with Crippen molar-refractivity contribution in [1.82, 2.24) is 9.80 Å². The van der Waals surface area contributed by atoms with Gasteiger partial charge in [0.1, 0.15) is 11.5 Å². The summed E-state index contributed by atoms with van der Waals surface area (Å²) in [4.78, 5) is 21.6. The number of nitrogens with zero attached hydrogens (tertiary/aromatic N) is 4. The van der Waals surface area contributed by atoms with Crippen molar-refractivity contribution >= 4 is 17.4 Å². The Kier molecular flexibility index (Phi) is 6.16. The van der Waals surface area contributed by atoms with E-state index in [0.717, 1.165) is 63.9 Å². The maximum atomic E-state index is 13.0. The fourth-order valence-electron chi connectivity index (χ4n) is 4.10. The zero-order valence-corrected chi connectivity index (χ0v) is 17.8. The molecule has 0 bridgehead atoms. The standard InChI is InChI=1S/C23H30N4O3/c1-29-21-7-3-19(4-8-21)24-11-15-26(16-12-24)23(28)27-17-13-25(14-18-27)20-5-9-22(30-2)10-6-20/h3-10H,11-18H2,1-2H3. The predicted molar refractivity (Wildman–Crippen MR) is 119 cm³/mol. The largest absolute Gasteiger partial charge is 0.497 e. The van der Waals surface area contributed by atoms with E-state index in [4.69, 9.17) is 9.47 Å². The summed E-state index contributed by atoms with van der Waals surface area (Å²) in [6.07, 6.45) is 0. The smallest absolute Gasteiger partial charge is 0.320 e. The van der Waals surface area contributed by atoms with Crippen LogP contribution in [-0.2, 0) is 0 Å². The minimum absolute atomic E-state index is 0.166. The van der Waals surface area contributed by atoms with Crippen molar-refractivity contribution in [3.8, 4) is 11.5 Å². The lowest BCUT2D eigenvalue weighted by Crippen LogP contribution is -2.57. The SMILES string of the molecule is COc1ccc(N2CCN(C(=O)N3CCN(c4ccc(OC)cc4)CC3)CC2)cc1. The Bertz CT molecular complexity index is 755. The summed E-state index contributed by atoms with van der Waals surface area (Å²) >= 11 is 0. The average molecular weight is 411 g/mol. The topological polar surface area (TPSA) is 48.5 Å². The van der Waals surface area contributed by atoms with Gasteiger partial charge in [-0.2, -0.15) is 0 Å². The molecule has 2 aliphatic rings. The van der Waals surface area contributed by atoms with E-state index in [1.165, 1.54) is 11.4 Å². The quantitative estimate of drug-likeness (QED) is 0.776. The molecule has 2 aromatic rings. The molecule has 2 aromatic carbocycles. The predicted octanol–water partition coefficient (Wildman–Crippen LogP) is 2.77. The fourth-order valence-corrected chi connectivity index (χ4v) is 4.10. The van der Waals surface area contributed by atoms with Gasteiger partial charge in [-0.05, 0) is 48.5 Å². The van der Waals surface area contributed by atoms with E-state index in [1.807, 2.05) is 34.1 Å². The molecule has 2 heterocycles. The van der Waals surface area contributed by atoms with Crippen molar-refractivity contribution in [1.29, 1.82) is 0 Å². The molecule has 2 saturated heterocycles. The van der Waals surface area contributed by atoms with E-state index >= 15 is 0 Å². The van der Waals surface area contributed by atoms with Gasteiger partial charge in [0.15, 0.2) is 0 Å². The van der Waals surface area contributed by atoms with Crippen LogP contribution in [0.1, 0.15) is 0 Å². The minimum atomic E-state index is 0.166. The first-order valence-corrected chi connectivity index (χ1v) is 10.5. The summed E-state index contributed by atoms with van der Waals surface area (Å²) in [5.41, 5.74) is 2.35. The minimum Gasteiger partial charge on any atom is -0.497 e. The van der Waals surface area contributed by atoms with Gasteiger partial charge in [0.25, 0.3) is 0 Å². The van der Waals surface area contributed by atoms with Crippen LogP contribution in [0, 0.1) is 0 Å². The zero-order chi connectivity index (χ0) is 20.9. The van der Waals surface area contributed by atoms with E-state index in [0.29, 0.717) is 0 Å². The number of methoxy groups -OCH3 is 2. The Morgan fingerprint density at radius 2 is 0.933 bits per heavy atom. The first-order valence-electron chi connectivity index (χ1n) is 10.5. The first-order chi connectivity index (χ1) is 14.7. The van der Waals surface area contributed by atoms with E-state index in [-0.39, 0.29) is 6.03 Å². The van der Waals surface area contributed by atoms with Crippen LogP contribution < -0.4 is 19.3 Å². The summed E-state index contributed by atoms with van der Waals surface area (Å²) in [5.74, 6) is 1.72. The summed E-state index contributed by atoms with van der Waals surface area (Å²) in [6.45, 7) is 6.42.